The van der Waals surface area contributed by atoms with Gasteiger partial charge in [0.1, 0.15) is 5.75 Å². The van der Waals surface area contributed by atoms with E-state index in [1.807, 2.05) is 19.9 Å². The highest BCUT2D eigenvalue weighted by Crippen LogP contribution is 2.29. The molecule has 0 aliphatic carbocycles. The molecular formula is C13H14N2O3. The van der Waals surface area contributed by atoms with E-state index >= 15 is 0 Å². The maximum atomic E-state index is 11.8. The molecule has 0 fully saturated rings. The summed E-state index contributed by atoms with van der Waals surface area (Å²) in [6.07, 6.45) is 0. The zero-order valence-corrected chi connectivity index (χ0v) is 10.4. The van der Waals surface area contributed by atoms with Crippen LogP contribution in [0.2, 0.25) is 0 Å². The van der Waals surface area contributed by atoms with Crippen molar-refractivity contribution in [3.8, 4) is 5.75 Å². The number of carbonyl (C=O) groups excluding carboxylic acids is 1. The minimum Gasteiger partial charge on any atom is -0.496 e. The smallest absolute Gasteiger partial charge is 0.279 e. The number of hydrogen-bond donors (Lipinski definition) is 2. The lowest BCUT2D eigenvalue weighted by molar-refractivity contribution is 0.0705. The van der Waals surface area contributed by atoms with Crippen molar-refractivity contribution in [2.75, 3.05) is 7.11 Å². The summed E-state index contributed by atoms with van der Waals surface area (Å²) in [5.41, 5.74) is 4.43. The fourth-order valence-corrected chi connectivity index (χ4v) is 2.12. The highest BCUT2D eigenvalue weighted by molar-refractivity contribution is 6.09. The molecule has 0 bridgehead atoms. The number of amides is 1. The van der Waals surface area contributed by atoms with Gasteiger partial charge in [-0.05, 0) is 37.6 Å². The molecule has 0 atom stereocenters. The van der Waals surface area contributed by atoms with Crippen LogP contribution in [0.4, 0.5) is 0 Å². The Morgan fingerprint density at radius 2 is 2.11 bits per heavy atom. The van der Waals surface area contributed by atoms with Crippen LogP contribution in [0.5, 0.6) is 5.75 Å². The lowest BCUT2D eigenvalue weighted by atomic mass is 10.0. The summed E-state index contributed by atoms with van der Waals surface area (Å²) in [4.78, 5) is 16.1. The fraction of sp³-hybridized carbons (Fsp3) is 0.231. The Labute approximate surface area is 104 Å². The summed E-state index contributed by atoms with van der Waals surface area (Å²) < 4.78 is 5.16. The number of aromatic nitrogens is 1. The highest BCUT2D eigenvalue weighted by atomic mass is 16.5. The van der Waals surface area contributed by atoms with Gasteiger partial charge in [-0.25, -0.2) is 5.48 Å². The van der Waals surface area contributed by atoms with E-state index in [9.17, 15) is 4.79 Å². The van der Waals surface area contributed by atoms with E-state index in [0.29, 0.717) is 22.2 Å². The van der Waals surface area contributed by atoms with Crippen molar-refractivity contribution < 1.29 is 14.7 Å². The molecule has 2 rings (SSSR count). The van der Waals surface area contributed by atoms with Crippen molar-refractivity contribution in [1.82, 2.24) is 10.5 Å². The summed E-state index contributed by atoms with van der Waals surface area (Å²) in [7, 11) is 1.48. The van der Waals surface area contributed by atoms with Gasteiger partial charge in [0.05, 0.1) is 18.2 Å². The molecule has 1 heterocycles. The van der Waals surface area contributed by atoms with E-state index in [2.05, 4.69) is 4.98 Å². The van der Waals surface area contributed by atoms with Crippen LogP contribution in [-0.2, 0) is 0 Å². The first-order chi connectivity index (χ1) is 8.58. The summed E-state index contributed by atoms with van der Waals surface area (Å²) in [6, 6.07) is 5.34. The van der Waals surface area contributed by atoms with Crippen LogP contribution in [0.1, 0.15) is 21.6 Å². The van der Waals surface area contributed by atoms with Crippen molar-refractivity contribution >= 4 is 16.8 Å². The quantitative estimate of drug-likeness (QED) is 0.628. The molecule has 0 spiro atoms. The third-order valence-electron chi connectivity index (χ3n) is 2.81. The van der Waals surface area contributed by atoms with Gasteiger partial charge in [-0.15, -0.1) is 0 Å². The van der Waals surface area contributed by atoms with E-state index < -0.39 is 5.91 Å². The van der Waals surface area contributed by atoms with Gasteiger partial charge < -0.3 is 4.74 Å². The van der Waals surface area contributed by atoms with Crippen molar-refractivity contribution in [1.29, 1.82) is 0 Å². The third-order valence-corrected chi connectivity index (χ3v) is 2.81. The van der Waals surface area contributed by atoms with E-state index in [1.165, 1.54) is 7.11 Å². The maximum absolute atomic E-state index is 11.8. The number of benzene rings is 1. The molecule has 0 unspecified atom stereocenters. The maximum Gasteiger partial charge on any atom is 0.279 e. The van der Waals surface area contributed by atoms with Crippen LogP contribution < -0.4 is 10.2 Å². The molecule has 0 aliphatic rings. The normalized spacial score (nSPS) is 10.4. The van der Waals surface area contributed by atoms with E-state index in [1.54, 1.807) is 17.6 Å². The standard InChI is InChI=1S/C13H14N2O3/c1-7-6-8(2)14-9-4-5-10(18-3)12(11(7)9)13(16)15-17/h4-6,17H,1-3H3,(H,15,16). The van der Waals surface area contributed by atoms with Gasteiger partial charge in [0.25, 0.3) is 5.91 Å². The third kappa shape index (κ3) is 1.89. The van der Waals surface area contributed by atoms with Crippen LogP contribution in [0.25, 0.3) is 10.9 Å². The van der Waals surface area contributed by atoms with Crippen molar-refractivity contribution in [2.45, 2.75) is 13.8 Å². The fourth-order valence-electron chi connectivity index (χ4n) is 2.12. The summed E-state index contributed by atoms with van der Waals surface area (Å²) in [6.45, 7) is 3.78. The number of pyridine rings is 1. The lowest BCUT2D eigenvalue weighted by Gasteiger charge is -2.12. The molecule has 18 heavy (non-hydrogen) atoms. The predicted molar refractivity (Wildman–Crippen MR) is 67.0 cm³/mol. The Morgan fingerprint density at radius 1 is 1.39 bits per heavy atom. The number of methoxy groups -OCH3 is 1. The Morgan fingerprint density at radius 3 is 2.72 bits per heavy atom. The molecule has 0 radical (unpaired) electrons. The van der Waals surface area contributed by atoms with Crippen molar-refractivity contribution in [2.24, 2.45) is 0 Å². The van der Waals surface area contributed by atoms with Gasteiger partial charge in [0.2, 0.25) is 0 Å². The molecule has 1 aromatic heterocycles. The molecule has 1 aromatic carbocycles. The first-order valence-corrected chi connectivity index (χ1v) is 5.48. The van der Waals surface area contributed by atoms with Gasteiger partial charge in [-0.3, -0.25) is 15.0 Å². The monoisotopic (exact) mass is 246 g/mol. The number of carbonyl (C=O) groups is 1. The lowest BCUT2D eigenvalue weighted by Crippen LogP contribution is -2.20. The first kappa shape index (κ1) is 12.3. The summed E-state index contributed by atoms with van der Waals surface area (Å²) in [5.74, 6) is -0.200. The Kier molecular flexibility index (Phi) is 3.16. The van der Waals surface area contributed by atoms with Crippen LogP contribution >= 0.6 is 0 Å². The van der Waals surface area contributed by atoms with Crippen molar-refractivity contribution in [3.63, 3.8) is 0 Å². The Balaban J connectivity index is 2.89. The average Bonchev–Trinajstić information content (AvgIpc) is 2.36. The molecule has 0 aliphatic heterocycles. The second-order valence-corrected chi connectivity index (χ2v) is 4.06. The van der Waals surface area contributed by atoms with Crippen LogP contribution in [0.3, 0.4) is 0 Å². The SMILES string of the molecule is COc1ccc2nc(C)cc(C)c2c1C(=O)NO. The first-order valence-electron chi connectivity index (χ1n) is 5.48. The number of nitrogens with zero attached hydrogens (tertiary/aromatic N) is 1. The summed E-state index contributed by atoms with van der Waals surface area (Å²) >= 11 is 0. The number of ether oxygens (including phenoxy) is 1. The number of rotatable bonds is 2. The van der Waals surface area contributed by atoms with Crippen LogP contribution in [0.15, 0.2) is 18.2 Å². The molecule has 94 valence electrons. The Bertz CT molecular complexity index is 623. The predicted octanol–water partition coefficient (Wildman–Crippen LogP) is 1.98. The van der Waals surface area contributed by atoms with Crippen LogP contribution in [-0.4, -0.2) is 23.2 Å². The largest absolute Gasteiger partial charge is 0.496 e. The molecule has 1 amide bonds. The molecule has 2 aromatic rings. The second kappa shape index (κ2) is 4.62. The van der Waals surface area contributed by atoms with E-state index in [-0.39, 0.29) is 0 Å². The number of nitrogens with one attached hydrogen (secondary N) is 1. The van der Waals surface area contributed by atoms with Gasteiger partial charge in [-0.2, -0.15) is 0 Å². The van der Waals surface area contributed by atoms with E-state index in [4.69, 9.17) is 9.94 Å². The second-order valence-electron chi connectivity index (χ2n) is 4.06. The van der Waals surface area contributed by atoms with Gasteiger partial charge in [0.15, 0.2) is 0 Å². The topological polar surface area (TPSA) is 71.5 Å². The minimum absolute atomic E-state index is 0.294. The van der Waals surface area contributed by atoms with Gasteiger partial charge in [-0.1, -0.05) is 0 Å². The molecule has 0 saturated heterocycles. The van der Waals surface area contributed by atoms with Gasteiger partial charge in [0, 0.05) is 11.1 Å². The zero-order chi connectivity index (χ0) is 13.3. The highest BCUT2D eigenvalue weighted by Gasteiger charge is 2.18. The average molecular weight is 246 g/mol. The summed E-state index contributed by atoms with van der Waals surface area (Å²) in [5, 5.41) is 9.52. The molecule has 0 saturated carbocycles. The van der Waals surface area contributed by atoms with Gasteiger partial charge >= 0.3 is 0 Å². The molecule has 5 heteroatoms. The van der Waals surface area contributed by atoms with Crippen LogP contribution in [0, 0.1) is 13.8 Å². The number of hydrogen-bond acceptors (Lipinski definition) is 4. The number of fused-ring (bicyclic) bond motifs is 1. The van der Waals surface area contributed by atoms with E-state index in [0.717, 1.165) is 11.3 Å². The molecular weight excluding hydrogens is 232 g/mol. The minimum atomic E-state index is -0.605. The number of aryl methyl sites for hydroxylation is 2. The number of hydroxylamine groups is 1. The zero-order valence-electron chi connectivity index (χ0n) is 10.4. The molecule has 5 nitrogen and oxygen atoms in total. The Hall–Kier alpha value is -2.14. The molecule has 2 N–H and O–H groups in total. The van der Waals surface area contributed by atoms with Crippen molar-refractivity contribution in [3.05, 3.63) is 35.0 Å².